The van der Waals surface area contributed by atoms with Crippen molar-refractivity contribution < 1.29 is 13.2 Å². The van der Waals surface area contributed by atoms with Crippen LogP contribution in [0.3, 0.4) is 0 Å². The van der Waals surface area contributed by atoms with Gasteiger partial charge >= 0.3 is 0 Å². The van der Waals surface area contributed by atoms with E-state index in [1.807, 2.05) is 17.5 Å². The molecule has 1 heterocycles. The first-order valence-electron chi connectivity index (χ1n) is 11.1. The average Bonchev–Trinajstić information content (AvgIpc) is 3.47. The Labute approximate surface area is 183 Å². The molecule has 1 amide bonds. The van der Waals surface area contributed by atoms with E-state index in [4.69, 9.17) is 0 Å². The zero-order chi connectivity index (χ0) is 21.0. The molecule has 1 aromatic heterocycles. The van der Waals surface area contributed by atoms with Crippen molar-refractivity contribution in [3.63, 3.8) is 0 Å². The van der Waals surface area contributed by atoms with E-state index in [1.165, 1.54) is 24.2 Å². The minimum Gasteiger partial charge on any atom is -0.301 e. The molecule has 5 nitrogen and oxygen atoms in total. The molecule has 2 saturated carbocycles. The molecule has 2 aromatic rings. The molecule has 7 heteroatoms. The summed E-state index contributed by atoms with van der Waals surface area (Å²) in [6, 6.07) is 7.10. The number of hydrogen-bond donors (Lipinski definition) is 1. The lowest BCUT2D eigenvalue weighted by Crippen LogP contribution is -2.25. The molecule has 162 valence electrons. The number of nitrogens with one attached hydrogen (secondary N) is 1. The van der Waals surface area contributed by atoms with Crippen molar-refractivity contribution in [1.29, 1.82) is 0 Å². The fourth-order valence-electron chi connectivity index (χ4n) is 4.91. The predicted molar refractivity (Wildman–Crippen MR) is 121 cm³/mol. The normalized spacial score (nSPS) is 19.6. The molecule has 1 N–H and O–H groups in total. The number of hydrogen-bond acceptors (Lipinski definition) is 5. The van der Waals surface area contributed by atoms with Gasteiger partial charge in [0.2, 0.25) is 5.91 Å². The molecule has 2 aliphatic carbocycles. The highest BCUT2D eigenvalue weighted by molar-refractivity contribution is 7.92. The second kappa shape index (κ2) is 9.60. The Morgan fingerprint density at radius 2 is 1.70 bits per heavy atom. The van der Waals surface area contributed by atoms with Crippen molar-refractivity contribution in [1.82, 2.24) is 4.98 Å². The summed E-state index contributed by atoms with van der Waals surface area (Å²) in [5.74, 6) is 0.200. The highest BCUT2D eigenvalue weighted by atomic mass is 32.2. The van der Waals surface area contributed by atoms with E-state index in [0.717, 1.165) is 56.9 Å². The maximum absolute atomic E-state index is 13.1. The third kappa shape index (κ3) is 4.94. The highest BCUT2D eigenvalue weighted by Gasteiger charge is 2.30. The summed E-state index contributed by atoms with van der Waals surface area (Å²) in [5.41, 5.74) is 0.888. The molecule has 0 saturated heterocycles. The molecule has 1 unspecified atom stereocenters. The Kier molecular flexibility index (Phi) is 6.88. The Morgan fingerprint density at radius 3 is 2.33 bits per heavy atom. The summed E-state index contributed by atoms with van der Waals surface area (Å²) in [7, 11) is -3.30. The van der Waals surface area contributed by atoms with Gasteiger partial charge in [-0.2, -0.15) is 0 Å². The summed E-state index contributed by atoms with van der Waals surface area (Å²) < 4.78 is 26.0. The number of rotatable bonds is 7. The van der Waals surface area contributed by atoms with Crippen molar-refractivity contribution in [2.24, 2.45) is 5.92 Å². The van der Waals surface area contributed by atoms with Gasteiger partial charge in [-0.05, 0) is 42.9 Å². The van der Waals surface area contributed by atoms with E-state index in [0.29, 0.717) is 15.9 Å². The SMILES string of the molecule is O=C(Nc1nccs1)C(CC1CCCC1)c1ccc(S(=O)(=O)C2CCCCC2)cc1. The standard InChI is InChI=1S/C23H30N2O3S2/c26-22(25-23-24-14-15-29-23)21(16-17-6-4-5-7-17)18-10-12-20(13-11-18)30(27,28)19-8-2-1-3-9-19/h10-15,17,19,21H,1-9,16H2,(H,24,25,26). The monoisotopic (exact) mass is 446 g/mol. The number of carbonyl (C=O) groups excluding carboxylic acids is 1. The van der Waals surface area contributed by atoms with Crippen LogP contribution in [0, 0.1) is 5.92 Å². The number of sulfone groups is 1. The van der Waals surface area contributed by atoms with E-state index >= 15 is 0 Å². The van der Waals surface area contributed by atoms with Crippen LogP contribution in [0.5, 0.6) is 0 Å². The van der Waals surface area contributed by atoms with Gasteiger partial charge in [-0.3, -0.25) is 4.79 Å². The molecular formula is C23H30N2O3S2. The van der Waals surface area contributed by atoms with E-state index in [-0.39, 0.29) is 17.1 Å². The molecule has 0 bridgehead atoms. The van der Waals surface area contributed by atoms with E-state index in [1.54, 1.807) is 18.3 Å². The summed E-state index contributed by atoms with van der Waals surface area (Å²) in [6.45, 7) is 0. The fraction of sp³-hybridized carbons (Fsp3) is 0.565. The Morgan fingerprint density at radius 1 is 1.03 bits per heavy atom. The van der Waals surface area contributed by atoms with Gasteiger partial charge in [-0.1, -0.05) is 57.1 Å². The first-order chi connectivity index (χ1) is 14.5. The molecule has 4 rings (SSSR count). The first kappa shape index (κ1) is 21.5. The topological polar surface area (TPSA) is 76.1 Å². The highest BCUT2D eigenvalue weighted by Crippen LogP contribution is 2.36. The number of aromatic nitrogens is 1. The number of benzene rings is 1. The van der Waals surface area contributed by atoms with E-state index < -0.39 is 9.84 Å². The van der Waals surface area contributed by atoms with Crippen molar-refractivity contribution >= 4 is 32.2 Å². The van der Waals surface area contributed by atoms with Crippen LogP contribution in [0.25, 0.3) is 0 Å². The van der Waals surface area contributed by atoms with E-state index in [2.05, 4.69) is 10.3 Å². The Bertz CT molecular complexity index is 927. The molecular weight excluding hydrogens is 416 g/mol. The van der Waals surface area contributed by atoms with E-state index in [9.17, 15) is 13.2 Å². The Balaban J connectivity index is 1.54. The number of nitrogens with zero attached hydrogens (tertiary/aromatic N) is 1. The number of anilines is 1. The lowest BCUT2D eigenvalue weighted by atomic mass is 9.87. The Hall–Kier alpha value is -1.73. The van der Waals surface area contributed by atoms with Gasteiger partial charge in [0, 0.05) is 11.6 Å². The second-order valence-electron chi connectivity index (χ2n) is 8.64. The van der Waals surface area contributed by atoms with Crippen LogP contribution in [0.2, 0.25) is 0 Å². The smallest absolute Gasteiger partial charge is 0.233 e. The third-order valence-electron chi connectivity index (χ3n) is 6.62. The predicted octanol–water partition coefficient (Wildman–Crippen LogP) is 5.55. The van der Waals surface area contributed by atoms with Crippen LogP contribution in [0.4, 0.5) is 5.13 Å². The van der Waals surface area contributed by atoms with Crippen molar-refractivity contribution in [3.05, 3.63) is 41.4 Å². The van der Waals surface area contributed by atoms with Crippen LogP contribution < -0.4 is 5.32 Å². The van der Waals surface area contributed by atoms with Crippen LogP contribution in [0.15, 0.2) is 40.7 Å². The molecule has 0 aliphatic heterocycles. The summed E-state index contributed by atoms with van der Waals surface area (Å²) >= 11 is 1.41. The van der Waals surface area contributed by atoms with Crippen LogP contribution in [0.1, 0.15) is 75.7 Å². The maximum Gasteiger partial charge on any atom is 0.233 e. The van der Waals surface area contributed by atoms with Crippen molar-refractivity contribution in [3.8, 4) is 0 Å². The average molecular weight is 447 g/mol. The van der Waals surface area contributed by atoms with Gasteiger partial charge in [0.25, 0.3) is 0 Å². The number of amides is 1. The molecule has 0 spiro atoms. The largest absolute Gasteiger partial charge is 0.301 e. The van der Waals surface area contributed by atoms with Crippen molar-refractivity contribution in [2.75, 3.05) is 5.32 Å². The van der Waals surface area contributed by atoms with Crippen molar-refractivity contribution in [2.45, 2.75) is 80.3 Å². The molecule has 1 atom stereocenters. The minimum absolute atomic E-state index is 0.0558. The lowest BCUT2D eigenvalue weighted by Gasteiger charge is -2.23. The number of thiazole rings is 1. The zero-order valence-corrected chi connectivity index (χ0v) is 18.9. The van der Waals surface area contributed by atoms with Gasteiger partial charge in [0.15, 0.2) is 15.0 Å². The zero-order valence-electron chi connectivity index (χ0n) is 17.3. The molecule has 2 aliphatic rings. The van der Waals surface area contributed by atoms with Gasteiger partial charge < -0.3 is 5.32 Å². The lowest BCUT2D eigenvalue weighted by molar-refractivity contribution is -0.118. The van der Waals surface area contributed by atoms with Crippen LogP contribution in [-0.4, -0.2) is 24.6 Å². The minimum atomic E-state index is -3.30. The fourth-order valence-corrected chi connectivity index (χ4v) is 7.30. The quantitative estimate of drug-likeness (QED) is 0.605. The molecule has 30 heavy (non-hydrogen) atoms. The number of carbonyl (C=O) groups is 1. The summed E-state index contributed by atoms with van der Waals surface area (Å²) in [5, 5.41) is 5.12. The summed E-state index contributed by atoms with van der Waals surface area (Å²) in [4.78, 5) is 17.6. The molecule has 1 aromatic carbocycles. The summed E-state index contributed by atoms with van der Waals surface area (Å²) in [6.07, 6.45) is 11.9. The van der Waals surface area contributed by atoms with Gasteiger partial charge in [0.1, 0.15) is 0 Å². The molecule has 2 fully saturated rings. The first-order valence-corrected chi connectivity index (χ1v) is 13.5. The van der Waals surface area contributed by atoms with Crippen LogP contribution in [-0.2, 0) is 14.6 Å². The maximum atomic E-state index is 13.1. The molecule has 0 radical (unpaired) electrons. The van der Waals surface area contributed by atoms with Gasteiger partial charge in [-0.15, -0.1) is 11.3 Å². The van der Waals surface area contributed by atoms with Crippen LogP contribution >= 0.6 is 11.3 Å². The third-order valence-corrected chi connectivity index (χ3v) is 9.59. The van der Waals surface area contributed by atoms with Gasteiger partial charge in [0.05, 0.1) is 16.1 Å². The van der Waals surface area contributed by atoms with Gasteiger partial charge in [-0.25, -0.2) is 13.4 Å². The second-order valence-corrected chi connectivity index (χ2v) is 11.8.